The molecule has 1 atom stereocenters. The molecule has 21 heavy (non-hydrogen) atoms. The van der Waals surface area contributed by atoms with E-state index in [0.717, 1.165) is 30.2 Å². The highest BCUT2D eigenvalue weighted by Crippen LogP contribution is 2.47. The predicted molar refractivity (Wildman–Crippen MR) is 79.7 cm³/mol. The number of amides is 1. The number of aromatic nitrogens is 2. The average molecular weight is 282 g/mol. The molecule has 2 aliphatic rings. The molecule has 2 aromatic rings. The fourth-order valence-electron chi connectivity index (χ4n) is 3.64. The summed E-state index contributed by atoms with van der Waals surface area (Å²) in [5.74, 6) is -0.0430. The number of likely N-dealkylation sites (tertiary alicyclic amines) is 1. The third kappa shape index (κ3) is 1.84. The molecule has 4 rings (SSSR count). The zero-order chi connectivity index (χ0) is 14.4. The van der Waals surface area contributed by atoms with Crippen molar-refractivity contribution in [1.29, 1.82) is 0 Å². The highest BCUT2D eigenvalue weighted by Gasteiger charge is 2.50. The maximum Gasteiger partial charge on any atom is 0.275 e. The number of benzene rings is 1. The lowest BCUT2D eigenvalue weighted by atomic mass is 9.66. The Morgan fingerprint density at radius 1 is 1.33 bits per heavy atom. The molecule has 108 valence electrons. The van der Waals surface area contributed by atoms with E-state index in [2.05, 4.69) is 10.2 Å². The van der Waals surface area contributed by atoms with Crippen LogP contribution in [0.4, 0.5) is 0 Å². The van der Waals surface area contributed by atoms with Crippen molar-refractivity contribution in [2.24, 2.45) is 11.1 Å². The van der Waals surface area contributed by atoms with Crippen LogP contribution in [-0.2, 0) is 0 Å². The Bertz CT molecular complexity index is 705. The third-order valence-electron chi connectivity index (χ3n) is 5.12. The van der Waals surface area contributed by atoms with Crippen molar-refractivity contribution >= 4 is 16.7 Å². The quantitative estimate of drug-likeness (QED) is 0.862. The number of carbonyl (C=O) groups excluding carboxylic acids is 1. The molecule has 0 bridgehead atoms. The predicted octanol–water partition coefficient (Wildman–Crippen LogP) is 1.58. The van der Waals surface area contributed by atoms with Gasteiger partial charge in [0.1, 0.15) is 0 Å². The summed E-state index contributed by atoms with van der Waals surface area (Å²) in [5.41, 5.74) is 6.87. The van der Waals surface area contributed by atoms with Crippen LogP contribution in [0.2, 0.25) is 0 Å². The highest BCUT2D eigenvalue weighted by atomic mass is 16.2. The fraction of sp³-hybridized carbons (Fsp3) is 0.438. The lowest BCUT2D eigenvalue weighted by Crippen LogP contribution is -2.45. The lowest BCUT2D eigenvalue weighted by molar-refractivity contribution is 0.0722. The third-order valence-corrected chi connectivity index (χ3v) is 5.12. The molecular formula is C16H18N4O. The Morgan fingerprint density at radius 2 is 2.14 bits per heavy atom. The van der Waals surface area contributed by atoms with Crippen LogP contribution in [0.15, 0.2) is 30.5 Å². The molecule has 1 saturated heterocycles. The molecule has 1 spiro atoms. The average Bonchev–Trinajstić information content (AvgIpc) is 2.84. The zero-order valence-corrected chi connectivity index (χ0v) is 11.8. The van der Waals surface area contributed by atoms with Gasteiger partial charge < -0.3 is 10.6 Å². The van der Waals surface area contributed by atoms with Crippen LogP contribution in [0.25, 0.3) is 10.8 Å². The van der Waals surface area contributed by atoms with E-state index in [1.54, 1.807) is 6.20 Å². The number of carbonyl (C=O) groups is 1. The van der Waals surface area contributed by atoms with Gasteiger partial charge in [0.05, 0.1) is 6.20 Å². The molecule has 1 saturated carbocycles. The maximum atomic E-state index is 12.8. The molecular weight excluding hydrogens is 264 g/mol. The van der Waals surface area contributed by atoms with E-state index in [0.29, 0.717) is 12.2 Å². The minimum atomic E-state index is -0.0430. The van der Waals surface area contributed by atoms with Crippen LogP contribution in [-0.4, -0.2) is 40.1 Å². The van der Waals surface area contributed by atoms with Crippen LogP contribution in [0.1, 0.15) is 29.8 Å². The van der Waals surface area contributed by atoms with Crippen LogP contribution >= 0.6 is 0 Å². The molecule has 5 nitrogen and oxygen atoms in total. The van der Waals surface area contributed by atoms with Gasteiger partial charge in [-0.2, -0.15) is 5.10 Å². The summed E-state index contributed by atoms with van der Waals surface area (Å²) in [4.78, 5) is 14.7. The molecule has 1 aliphatic heterocycles. The second-order valence-corrected chi connectivity index (χ2v) is 6.29. The summed E-state index contributed by atoms with van der Waals surface area (Å²) in [5, 5.41) is 9.86. The fourth-order valence-corrected chi connectivity index (χ4v) is 3.64. The van der Waals surface area contributed by atoms with Crippen molar-refractivity contribution in [3.8, 4) is 0 Å². The van der Waals surface area contributed by atoms with Gasteiger partial charge in [0.2, 0.25) is 0 Å². The summed E-state index contributed by atoms with van der Waals surface area (Å²) < 4.78 is 0. The molecule has 5 heteroatoms. The van der Waals surface area contributed by atoms with E-state index in [1.165, 1.54) is 6.42 Å². The molecule has 1 aromatic carbocycles. The van der Waals surface area contributed by atoms with Gasteiger partial charge in [0, 0.05) is 35.3 Å². The normalized spacial score (nSPS) is 23.5. The molecule has 1 aromatic heterocycles. The Morgan fingerprint density at radius 3 is 2.86 bits per heavy atom. The van der Waals surface area contributed by atoms with Crippen molar-refractivity contribution in [3.63, 3.8) is 0 Å². The topological polar surface area (TPSA) is 72.1 Å². The smallest absolute Gasteiger partial charge is 0.275 e. The number of rotatable bonds is 1. The highest BCUT2D eigenvalue weighted by molar-refractivity contribution is 6.04. The lowest BCUT2D eigenvalue weighted by Gasteiger charge is -2.41. The van der Waals surface area contributed by atoms with Crippen molar-refractivity contribution < 1.29 is 4.79 Å². The van der Waals surface area contributed by atoms with E-state index in [1.807, 2.05) is 29.2 Å². The molecule has 1 amide bonds. The van der Waals surface area contributed by atoms with E-state index in [9.17, 15) is 4.79 Å². The Kier molecular flexibility index (Phi) is 2.72. The molecule has 2 heterocycles. The largest absolute Gasteiger partial charge is 0.335 e. The first-order valence-corrected chi connectivity index (χ1v) is 7.45. The first kappa shape index (κ1) is 12.7. The van der Waals surface area contributed by atoms with Gasteiger partial charge in [0.15, 0.2) is 5.69 Å². The molecule has 0 radical (unpaired) electrons. The minimum absolute atomic E-state index is 0.0430. The molecule has 1 unspecified atom stereocenters. The summed E-state index contributed by atoms with van der Waals surface area (Å²) in [7, 11) is 0. The van der Waals surface area contributed by atoms with Gasteiger partial charge in [-0.15, -0.1) is 5.10 Å². The standard InChI is InChI=1S/C16H18N4O/c17-13-9-20(10-16(13)6-3-7-16)15(21)14-12-5-2-1-4-11(12)8-18-19-14/h1-2,4-5,8,13H,3,6-7,9-10,17H2. The second kappa shape index (κ2) is 4.49. The first-order chi connectivity index (χ1) is 10.2. The summed E-state index contributed by atoms with van der Waals surface area (Å²) in [6.45, 7) is 1.39. The number of hydrogen-bond donors (Lipinski definition) is 1. The van der Waals surface area contributed by atoms with Gasteiger partial charge in [-0.05, 0) is 12.8 Å². The van der Waals surface area contributed by atoms with Gasteiger partial charge in [-0.3, -0.25) is 4.79 Å². The van der Waals surface area contributed by atoms with Crippen molar-refractivity contribution in [1.82, 2.24) is 15.1 Å². The molecule has 1 aliphatic carbocycles. The van der Waals surface area contributed by atoms with Crippen LogP contribution < -0.4 is 5.73 Å². The van der Waals surface area contributed by atoms with Gasteiger partial charge >= 0.3 is 0 Å². The van der Waals surface area contributed by atoms with Crippen molar-refractivity contribution in [2.45, 2.75) is 25.3 Å². The van der Waals surface area contributed by atoms with Gasteiger partial charge in [0.25, 0.3) is 5.91 Å². The Labute approximate surface area is 123 Å². The Hall–Kier alpha value is -2.01. The monoisotopic (exact) mass is 282 g/mol. The van der Waals surface area contributed by atoms with Gasteiger partial charge in [-0.1, -0.05) is 30.7 Å². The number of hydrogen-bond acceptors (Lipinski definition) is 4. The SMILES string of the molecule is NC1CN(C(=O)c2nncc3ccccc23)CC12CCC2. The van der Waals surface area contributed by atoms with E-state index < -0.39 is 0 Å². The Balaban J connectivity index is 1.68. The summed E-state index contributed by atoms with van der Waals surface area (Å²) >= 11 is 0. The van der Waals surface area contributed by atoms with Gasteiger partial charge in [-0.25, -0.2) is 0 Å². The summed E-state index contributed by atoms with van der Waals surface area (Å²) in [6, 6.07) is 7.83. The van der Waals surface area contributed by atoms with E-state index in [4.69, 9.17) is 5.73 Å². The van der Waals surface area contributed by atoms with Crippen LogP contribution in [0.5, 0.6) is 0 Å². The number of nitrogens with zero attached hydrogens (tertiary/aromatic N) is 3. The van der Waals surface area contributed by atoms with E-state index >= 15 is 0 Å². The minimum Gasteiger partial charge on any atom is -0.335 e. The van der Waals surface area contributed by atoms with Crippen LogP contribution in [0.3, 0.4) is 0 Å². The summed E-state index contributed by atoms with van der Waals surface area (Å²) in [6.07, 6.45) is 5.19. The van der Waals surface area contributed by atoms with Crippen LogP contribution in [0, 0.1) is 5.41 Å². The van der Waals surface area contributed by atoms with E-state index in [-0.39, 0.29) is 17.4 Å². The van der Waals surface area contributed by atoms with Crippen molar-refractivity contribution in [3.05, 3.63) is 36.2 Å². The first-order valence-electron chi connectivity index (χ1n) is 7.45. The molecule has 2 N–H and O–H groups in total. The van der Waals surface area contributed by atoms with Crippen molar-refractivity contribution in [2.75, 3.05) is 13.1 Å². The molecule has 2 fully saturated rings. The number of nitrogens with two attached hydrogens (primary N) is 1. The zero-order valence-electron chi connectivity index (χ0n) is 11.8. The maximum absolute atomic E-state index is 12.8. The number of fused-ring (bicyclic) bond motifs is 1. The second-order valence-electron chi connectivity index (χ2n) is 6.29.